The molecule has 0 amide bonds. The van der Waals surface area contributed by atoms with E-state index in [0.717, 1.165) is 25.9 Å². The Labute approximate surface area is 164 Å². The number of hydrogen-bond donors (Lipinski definition) is 2. The minimum Gasteiger partial charge on any atom is -0.508 e. The van der Waals surface area contributed by atoms with Crippen LogP contribution in [0.2, 0.25) is 0 Å². The summed E-state index contributed by atoms with van der Waals surface area (Å²) in [5.74, 6) is -10.2. The fourth-order valence-electron chi connectivity index (χ4n) is 3.20. The molecule has 0 aliphatic carbocycles. The molecule has 9 heteroatoms. The zero-order valence-electron chi connectivity index (χ0n) is 15.7. The molecule has 0 bridgehead atoms. The summed E-state index contributed by atoms with van der Waals surface area (Å²) >= 11 is 0. The molecule has 1 aliphatic rings. The van der Waals surface area contributed by atoms with Crippen LogP contribution in [-0.2, 0) is 6.54 Å². The Morgan fingerprint density at radius 3 is 2.17 bits per heavy atom. The van der Waals surface area contributed by atoms with Crippen LogP contribution in [0.4, 0.5) is 27.6 Å². The van der Waals surface area contributed by atoms with Crippen LogP contribution in [0.25, 0.3) is 0 Å². The first kappa shape index (κ1) is 21.0. The second kappa shape index (κ2) is 8.77. The first-order valence-corrected chi connectivity index (χ1v) is 9.16. The molecule has 2 aromatic carbocycles. The highest BCUT2D eigenvalue weighted by atomic mass is 19.2. The molecule has 0 aromatic heterocycles. The predicted octanol–water partition coefficient (Wildman–Crippen LogP) is 4.91. The quantitative estimate of drug-likeness (QED) is 0.241. The van der Waals surface area contributed by atoms with Crippen LogP contribution in [-0.4, -0.2) is 28.8 Å². The second-order valence-corrected chi connectivity index (χ2v) is 6.93. The summed E-state index contributed by atoms with van der Waals surface area (Å²) in [6.07, 6.45) is 3.36. The lowest BCUT2D eigenvalue weighted by Crippen LogP contribution is -2.29. The van der Waals surface area contributed by atoms with E-state index >= 15 is 0 Å². The van der Waals surface area contributed by atoms with Crippen molar-refractivity contribution in [2.75, 3.05) is 18.5 Å². The minimum atomic E-state index is -2.23. The number of nitrogens with zero attached hydrogens (tertiary/aromatic N) is 2. The molecule has 1 saturated heterocycles. The molecule has 29 heavy (non-hydrogen) atoms. The molecule has 1 aliphatic heterocycles. The molecular formula is C20H20F5N3O. The van der Waals surface area contributed by atoms with Crippen molar-refractivity contribution in [3.63, 3.8) is 0 Å². The predicted molar refractivity (Wildman–Crippen MR) is 99.3 cm³/mol. The average molecular weight is 413 g/mol. The molecule has 4 nitrogen and oxygen atoms in total. The summed E-state index contributed by atoms with van der Waals surface area (Å²) in [7, 11) is 0. The number of halogens is 5. The molecule has 2 N–H and O–H groups in total. The van der Waals surface area contributed by atoms with Crippen molar-refractivity contribution in [3.05, 3.63) is 58.4 Å². The van der Waals surface area contributed by atoms with Gasteiger partial charge in [-0.2, -0.15) is 5.10 Å². The van der Waals surface area contributed by atoms with Gasteiger partial charge in [0.1, 0.15) is 11.4 Å². The summed E-state index contributed by atoms with van der Waals surface area (Å²) in [4.78, 5) is 2.21. The molecular weight excluding hydrogens is 393 g/mol. The van der Waals surface area contributed by atoms with Gasteiger partial charge in [0.05, 0.1) is 5.71 Å². The number of benzene rings is 2. The van der Waals surface area contributed by atoms with E-state index in [0.29, 0.717) is 17.7 Å². The lowest BCUT2D eigenvalue weighted by molar-refractivity contribution is 0.218. The topological polar surface area (TPSA) is 47.9 Å². The summed E-state index contributed by atoms with van der Waals surface area (Å²) in [5.41, 5.74) is 2.13. The standard InChI is InChI=1S/C20H20F5N3O/c1-11(26-27-20-18(24)16(22)15(21)17(23)19(20)25)12-5-6-14(29)13(9-12)10-28-7-3-2-4-8-28/h5-6,9,27,29H,2-4,7-8,10H2,1H3/b26-11+. The van der Waals surface area contributed by atoms with Crippen LogP contribution in [0, 0.1) is 29.1 Å². The second-order valence-electron chi connectivity index (χ2n) is 6.93. The Morgan fingerprint density at radius 1 is 0.966 bits per heavy atom. The third-order valence-electron chi connectivity index (χ3n) is 4.89. The molecule has 1 fully saturated rings. The number of hydrogen-bond acceptors (Lipinski definition) is 4. The SMILES string of the molecule is C/C(=N\Nc1c(F)c(F)c(F)c(F)c1F)c1ccc(O)c(CN2CCCCC2)c1. The van der Waals surface area contributed by atoms with E-state index in [2.05, 4.69) is 10.0 Å². The van der Waals surface area contributed by atoms with E-state index in [1.807, 2.05) is 5.43 Å². The lowest BCUT2D eigenvalue weighted by atomic mass is 10.0. The fourth-order valence-corrected chi connectivity index (χ4v) is 3.20. The normalized spacial score (nSPS) is 15.6. The maximum Gasteiger partial charge on any atom is 0.200 e. The van der Waals surface area contributed by atoms with Gasteiger partial charge in [0, 0.05) is 12.1 Å². The largest absolute Gasteiger partial charge is 0.508 e. The van der Waals surface area contributed by atoms with Crippen LogP contribution < -0.4 is 5.43 Å². The number of anilines is 1. The number of likely N-dealkylation sites (tertiary alicyclic amines) is 1. The maximum absolute atomic E-state index is 13.7. The number of phenols is 1. The zero-order valence-corrected chi connectivity index (χ0v) is 15.7. The highest BCUT2D eigenvalue weighted by Crippen LogP contribution is 2.27. The van der Waals surface area contributed by atoms with E-state index in [1.165, 1.54) is 19.4 Å². The summed E-state index contributed by atoms with van der Waals surface area (Å²) in [6, 6.07) is 4.71. The highest BCUT2D eigenvalue weighted by molar-refractivity contribution is 5.99. The molecule has 2 aromatic rings. The van der Waals surface area contributed by atoms with Gasteiger partial charge in [-0.05, 0) is 56.6 Å². The highest BCUT2D eigenvalue weighted by Gasteiger charge is 2.25. The van der Waals surface area contributed by atoms with Gasteiger partial charge in [-0.25, -0.2) is 22.0 Å². The number of aromatic hydroxyl groups is 1. The lowest BCUT2D eigenvalue weighted by Gasteiger charge is -2.26. The molecule has 0 radical (unpaired) electrons. The number of rotatable bonds is 5. The number of nitrogens with one attached hydrogen (secondary N) is 1. The number of hydrazone groups is 1. The zero-order chi connectivity index (χ0) is 21.1. The van der Waals surface area contributed by atoms with Crippen molar-refractivity contribution in [3.8, 4) is 5.75 Å². The van der Waals surface area contributed by atoms with Gasteiger partial charge in [-0.15, -0.1) is 0 Å². The van der Waals surface area contributed by atoms with Crippen LogP contribution in [0.3, 0.4) is 0 Å². The number of piperidine rings is 1. The van der Waals surface area contributed by atoms with Gasteiger partial charge in [-0.3, -0.25) is 10.3 Å². The molecule has 0 saturated carbocycles. The van der Waals surface area contributed by atoms with E-state index in [9.17, 15) is 27.1 Å². The summed E-state index contributed by atoms with van der Waals surface area (Å²) in [6.45, 7) is 3.91. The Morgan fingerprint density at radius 2 is 1.55 bits per heavy atom. The third kappa shape index (κ3) is 4.50. The molecule has 0 spiro atoms. The monoisotopic (exact) mass is 413 g/mol. The molecule has 156 valence electrons. The van der Waals surface area contributed by atoms with Crippen LogP contribution in [0.15, 0.2) is 23.3 Å². The van der Waals surface area contributed by atoms with Crippen molar-refractivity contribution in [1.82, 2.24) is 4.90 Å². The van der Waals surface area contributed by atoms with Crippen molar-refractivity contribution in [2.45, 2.75) is 32.7 Å². The Kier molecular flexibility index (Phi) is 6.36. The van der Waals surface area contributed by atoms with E-state index in [4.69, 9.17) is 0 Å². The molecule has 0 unspecified atom stereocenters. The van der Waals surface area contributed by atoms with Crippen LogP contribution in [0.5, 0.6) is 5.75 Å². The van der Waals surface area contributed by atoms with Crippen LogP contribution in [0.1, 0.15) is 37.3 Å². The molecule has 3 rings (SSSR count). The van der Waals surface area contributed by atoms with Gasteiger partial charge >= 0.3 is 0 Å². The van der Waals surface area contributed by atoms with Gasteiger partial charge in [0.25, 0.3) is 0 Å². The average Bonchev–Trinajstić information content (AvgIpc) is 2.73. The molecule has 1 heterocycles. The number of phenolic OH excluding ortho intramolecular Hbond substituents is 1. The van der Waals surface area contributed by atoms with Gasteiger partial charge in [-0.1, -0.05) is 6.42 Å². The minimum absolute atomic E-state index is 0.111. The Balaban J connectivity index is 1.83. The van der Waals surface area contributed by atoms with Gasteiger partial charge < -0.3 is 5.11 Å². The Bertz CT molecular complexity index is 913. The summed E-state index contributed by atoms with van der Waals surface area (Å²) in [5, 5.41) is 13.9. The van der Waals surface area contributed by atoms with Gasteiger partial charge in [0.2, 0.25) is 5.82 Å². The first-order valence-electron chi connectivity index (χ1n) is 9.16. The first-order chi connectivity index (χ1) is 13.8. The van der Waals surface area contributed by atoms with Crippen molar-refractivity contribution < 1.29 is 27.1 Å². The van der Waals surface area contributed by atoms with Crippen molar-refractivity contribution >= 4 is 11.4 Å². The van der Waals surface area contributed by atoms with E-state index < -0.39 is 34.8 Å². The summed E-state index contributed by atoms with van der Waals surface area (Å²) < 4.78 is 67.2. The van der Waals surface area contributed by atoms with E-state index in [-0.39, 0.29) is 11.5 Å². The van der Waals surface area contributed by atoms with E-state index in [1.54, 1.807) is 12.1 Å². The Hall–Kier alpha value is -2.68. The maximum atomic E-state index is 13.7. The molecule has 0 atom stereocenters. The van der Waals surface area contributed by atoms with Crippen molar-refractivity contribution in [2.24, 2.45) is 5.10 Å². The fraction of sp³-hybridized carbons (Fsp3) is 0.350. The van der Waals surface area contributed by atoms with Crippen LogP contribution >= 0.6 is 0 Å². The third-order valence-corrected chi connectivity index (χ3v) is 4.89. The van der Waals surface area contributed by atoms with Crippen molar-refractivity contribution in [1.29, 1.82) is 0 Å². The smallest absolute Gasteiger partial charge is 0.200 e. The van der Waals surface area contributed by atoms with Gasteiger partial charge in [0.15, 0.2) is 23.3 Å².